The molecular weight excluding hydrogens is 593 g/mol. The van der Waals surface area contributed by atoms with Gasteiger partial charge in [-0.2, -0.15) is 5.26 Å². The molecule has 0 fully saturated rings. The Bertz CT molecular complexity index is 2920. The monoisotopic (exact) mass is 616 g/mol. The number of nitrogens with zero attached hydrogens (tertiary/aromatic N) is 2. The summed E-state index contributed by atoms with van der Waals surface area (Å²) in [5.41, 5.74) is 9.60. The van der Waals surface area contributed by atoms with Crippen molar-refractivity contribution in [2.24, 2.45) is 0 Å². The number of para-hydroxylation sites is 2. The lowest BCUT2D eigenvalue weighted by Crippen LogP contribution is -1.94. The Morgan fingerprint density at radius 2 is 1.23 bits per heavy atom. The lowest BCUT2D eigenvalue weighted by Gasteiger charge is -2.09. The van der Waals surface area contributed by atoms with E-state index in [1.165, 1.54) is 42.1 Å². The summed E-state index contributed by atoms with van der Waals surface area (Å²) in [5.74, 6) is 0. The van der Waals surface area contributed by atoms with E-state index in [1.807, 2.05) is 12.1 Å². The fourth-order valence-electron chi connectivity index (χ4n) is 7.36. The average molecular weight is 617 g/mol. The van der Waals surface area contributed by atoms with Crippen molar-refractivity contribution in [3.05, 3.63) is 151 Å². The molecule has 0 saturated heterocycles. The minimum absolute atomic E-state index is 0.533. The molecule has 3 heterocycles. The predicted molar refractivity (Wildman–Crippen MR) is 197 cm³/mol. The molecule has 3 nitrogen and oxygen atoms in total. The maximum Gasteiger partial charge on any atom is 0.159 e. The summed E-state index contributed by atoms with van der Waals surface area (Å²) >= 11 is 1.80. The minimum atomic E-state index is 0.533. The molecule has 0 saturated carbocycles. The Balaban J connectivity index is 1.24. The molecule has 218 valence electrons. The van der Waals surface area contributed by atoms with Crippen molar-refractivity contribution < 1.29 is 4.42 Å². The number of hydrogen-bond donors (Lipinski definition) is 0. The number of fused-ring (bicyclic) bond motifs is 9. The summed E-state index contributed by atoms with van der Waals surface area (Å²) < 4.78 is 11.5. The molecule has 10 rings (SSSR count). The van der Waals surface area contributed by atoms with Crippen LogP contribution in [0, 0.1) is 11.3 Å². The highest BCUT2D eigenvalue weighted by Gasteiger charge is 2.21. The zero-order valence-electron chi connectivity index (χ0n) is 25.1. The van der Waals surface area contributed by atoms with Crippen molar-refractivity contribution in [2.45, 2.75) is 0 Å². The molecule has 0 atom stereocenters. The van der Waals surface area contributed by atoms with E-state index in [1.54, 1.807) is 11.3 Å². The first-order chi connectivity index (χ1) is 23.3. The lowest BCUT2D eigenvalue weighted by atomic mass is 9.96. The standard InChI is InChI=1S/C43H24N2OS/c44-25-29-22-28(30-14-9-19-40-41(30)33-13-5-7-18-39(33)47-40)24-35-32-15-8-17-38(43(32)46-42(29)35)45-36-16-6-4-12-31(36)34-23-27(20-21-37(34)45)26-10-2-1-3-11-26/h1-24H. The van der Waals surface area contributed by atoms with Crippen molar-refractivity contribution in [3.8, 4) is 34.0 Å². The van der Waals surface area contributed by atoms with Crippen LogP contribution in [0.25, 0.3) is 91.9 Å². The molecule has 0 N–H and O–H groups in total. The Labute approximate surface area is 273 Å². The number of furan rings is 1. The maximum atomic E-state index is 10.4. The van der Waals surface area contributed by atoms with Gasteiger partial charge in [0.25, 0.3) is 0 Å². The second-order valence-electron chi connectivity index (χ2n) is 12.0. The molecule has 0 radical (unpaired) electrons. The first-order valence-corrected chi connectivity index (χ1v) is 16.5. The zero-order chi connectivity index (χ0) is 31.1. The molecule has 10 aromatic rings. The topological polar surface area (TPSA) is 41.9 Å². The van der Waals surface area contributed by atoms with Crippen LogP contribution in [0.2, 0.25) is 0 Å². The number of benzene rings is 7. The highest BCUT2D eigenvalue weighted by molar-refractivity contribution is 7.25. The molecule has 0 bridgehead atoms. The maximum absolute atomic E-state index is 10.4. The molecule has 0 aliphatic rings. The Morgan fingerprint density at radius 1 is 0.511 bits per heavy atom. The summed E-state index contributed by atoms with van der Waals surface area (Å²) in [7, 11) is 0. The summed E-state index contributed by atoms with van der Waals surface area (Å²) in [6.07, 6.45) is 0. The van der Waals surface area contributed by atoms with Gasteiger partial charge in [0, 0.05) is 41.7 Å². The molecule has 3 aromatic heterocycles. The van der Waals surface area contributed by atoms with Crippen LogP contribution in [0.15, 0.2) is 150 Å². The number of hydrogen-bond acceptors (Lipinski definition) is 3. The third-order valence-corrected chi connectivity index (χ3v) is 10.6. The predicted octanol–water partition coefficient (Wildman–Crippen LogP) is 12.3. The van der Waals surface area contributed by atoms with E-state index >= 15 is 0 Å². The second-order valence-corrected chi connectivity index (χ2v) is 13.1. The molecule has 0 aliphatic heterocycles. The largest absolute Gasteiger partial charge is 0.452 e. The summed E-state index contributed by atoms with van der Waals surface area (Å²) in [4.78, 5) is 0. The molecule has 0 unspecified atom stereocenters. The minimum Gasteiger partial charge on any atom is -0.452 e. The fourth-order valence-corrected chi connectivity index (χ4v) is 8.49. The van der Waals surface area contributed by atoms with Gasteiger partial charge in [-0.3, -0.25) is 0 Å². The number of nitriles is 1. The van der Waals surface area contributed by atoms with Crippen LogP contribution < -0.4 is 0 Å². The van der Waals surface area contributed by atoms with E-state index < -0.39 is 0 Å². The number of aromatic nitrogens is 1. The highest BCUT2D eigenvalue weighted by Crippen LogP contribution is 2.44. The summed E-state index contributed by atoms with van der Waals surface area (Å²) in [6, 6.07) is 53.7. The first kappa shape index (κ1) is 26.1. The van der Waals surface area contributed by atoms with Crippen LogP contribution in [0.3, 0.4) is 0 Å². The molecule has 0 spiro atoms. The van der Waals surface area contributed by atoms with Crippen molar-refractivity contribution in [2.75, 3.05) is 0 Å². The Hall–Kier alpha value is -6.15. The van der Waals surface area contributed by atoms with Gasteiger partial charge >= 0.3 is 0 Å². The smallest absolute Gasteiger partial charge is 0.159 e. The van der Waals surface area contributed by atoms with Gasteiger partial charge in [-0.05, 0) is 70.8 Å². The Morgan fingerprint density at radius 3 is 2.13 bits per heavy atom. The van der Waals surface area contributed by atoms with Gasteiger partial charge < -0.3 is 8.98 Å². The van der Waals surface area contributed by atoms with Crippen molar-refractivity contribution >= 4 is 75.3 Å². The van der Waals surface area contributed by atoms with Crippen molar-refractivity contribution in [3.63, 3.8) is 0 Å². The molecule has 4 heteroatoms. The van der Waals surface area contributed by atoms with Gasteiger partial charge in [0.15, 0.2) is 11.2 Å². The third-order valence-electron chi connectivity index (χ3n) is 9.43. The Kier molecular flexibility index (Phi) is 5.51. The van der Waals surface area contributed by atoms with E-state index in [0.29, 0.717) is 11.1 Å². The van der Waals surface area contributed by atoms with Crippen LogP contribution >= 0.6 is 11.3 Å². The van der Waals surface area contributed by atoms with Crippen LogP contribution in [-0.2, 0) is 0 Å². The molecule has 0 aliphatic carbocycles. The SMILES string of the molecule is N#Cc1cc(-c2cccc3sc4ccccc4c23)cc2c1oc1c(-n3c4ccccc4c4cc(-c5ccccc5)ccc43)cccc12. The highest BCUT2D eigenvalue weighted by atomic mass is 32.1. The normalized spacial score (nSPS) is 11.8. The summed E-state index contributed by atoms with van der Waals surface area (Å²) in [6.45, 7) is 0. The molecule has 47 heavy (non-hydrogen) atoms. The van der Waals surface area contributed by atoms with Gasteiger partial charge in [0.05, 0.1) is 22.3 Å². The fraction of sp³-hybridized carbons (Fsp3) is 0. The average Bonchev–Trinajstić information content (AvgIpc) is 3.81. The van der Waals surface area contributed by atoms with E-state index in [9.17, 15) is 5.26 Å². The van der Waals surface area contributed by atoms with E-state index in [4.69, 9.17) is 4.42 Å². The van der Waals surface area contributed by atoms with Gasteiger partial charge in [-0.15, -0.1) is 11.3 Å². The van der Waals surface area contributed by atoms with E-state index in [-0.39, 0.29) is 0 Å². The van der Waals surface area contributed by atoms with Crippen molar-refractivity contribution in [1.82, 2.24) is 4.57 Å². The van der Waals surface area contributed by atoms with Crippen molar-refractivity contribution in [1.29, 1.82) is 5.26 Å². The van der Waals surface area contributed by atoms with Crippen LogP contribution in [0.1, 0.15) is 5.56 Å². The number of thiophene rings is 1. The molecular formula is C43H24N2OS. The van der Waals surface area contributed by atoms with Gasteiger partial charge in [-0.25, -0.2) is 0 Å². The molecule has 0 amide bonds. The van der Waals surface area contributed by atoms with E-state index in [2.05, 4.69) is 144 Å². The number of rotatable bonds is 3. The van der Waals surface area contributed by atoms with Crippen LogP contribution in [-0.4, -0.2) is 4.57 Å². The second kappa shape index (κ2) is 9.92. The molecule has 7 aromatic carbocycles. The van der Waals surface area contributed by atoms with Gasteiger partial charge in [0.1, 0.15) is 6.07 Å². The van der Waals surface area contributed by atoms with Gasteiger partial charge in [0.2, 0.25) is 0 Å². The van der Waals surface area contributed by atoms with Crippen LogP contribution in [0.4, 0.5) is 0 Å². The summed E-state index contributed by atoms with van der Waals surface area (Å²) in [5, 5.41) is 17.2. The zero-order valence-corrected chi connectivity index (χ0v) is 25.9. The van der Waals surface area contributed by atoms with E-state index in [0.717, 1.165) is 44.2 Å². The first-order valence-electron chi connectivity index (χ1n) is 15.7. The van der Waals surface area contributed by atoms with Gasteiger partial charge in [-0.1, -0.05) is 97.1 Å². The quantitative estimate of drug-likeness (QED) is 0.198. The van der Waals surface area contributed by atoms with Crippen LogP contribution in [0.5, 0.6) is 0 Å². The third kappa shape index (κ3) is 3.78. The lowest BCUT2D eigenvalue weighted by molar-refractivity contribution is 0.665.